The van der Waals surface area contributed by atoms with Crippen LogP contribution in [0.1, 0.15) is 19.3 Å². The lowest BCUT2D eigenvalue weighted by molar-refractivity contribution is -0.0855. The van der Waals surface area contributed by atoms with Crippen molar-refractivity contribution in [3.8, 4) is 11.4 Å². The van der Waals surface area contributed by atoms with Gasteiger partial charge in [-0.3, -0.25) is 0 Å². The van der Waals surface area contributed by atoms with Crippen LogP contribution < -0.4 is 5.73 Å². The molecule has 2 N–H and O–H groups in total. The molecule has 1 aliphatic rings. The fraction of sp³-hybridized carbons (Fsp3) is 0.462. The van der Waals surface area contributed by atoms with Crippen LogP contribution in [0.15, 0.2) is 18.2 Å². The van der Waals surface area contributed by atoms with E-state index in [2.05, 4.69) is 15.5 Å². The molecule has 1 aromatic carbocycles. The first-order chi connectivity index (χ1) is 9.62. The molecule has 1 aromatic heterocycles. The molecule has 20 heavy (non-hydrogen) atoms. The normalized spacial score (nSPS) is 16.9. The van der Waals surface area contributed by atoms with E-state index in [1.54, 1.807) is 23.9 Å². The van der Waals surface area contributed by atoms with Gasteiger partial charge >= 0.3 is 0 Å². The Kier molecular flexibility index (Phi) is 3.35. The Labute approximate surface area is 121 Å². The summed E-state index contributed by atoms with van der Waals surface area (Å²) in [6.07, 6.45) is 3.23. The Morgan fingerprint density at radius 2 is 2.20 bits per heavy atom. The SMILES string of the molecule is COC1(Cn2nnnc2-c2cc(N)cc(Cl)c2)CCC1. The Hall–Kier alpha value is -1.66. The van der Waals surface area contributed by atoms with Crippen molar-refractivity contribution in [1.29, 1.82) is 0 Å². The number of benzene rings is 1. The van der Waals surface area contributed by atoms with E-state index in [4.69, 9.17) is 22.1 Å². The standard InChI is InChI=1S/C13H16ClN5O/c1-20-13(3-2-4-13)8-19-12(16-17-18-19)9-5-10(14)7-11(15)6-9/h5-7H,2-4,8,15H2,1H3. The van der Waals surface area contributed by atoms with Gasteiger partial charge in [0, 0.05) is 23.4 Å². The topological polar surface area (TPSA) is 78.8 Å². The van der Waals surface area contributed by atoms with Crippen LogP contribution >= 0.6 is 11.6 Å². The fourth-order valence-corrected chi connectivity index (χ4v) is 2.77. The molecule has 0 saturated heterocycles. The summed E-state index contributed by atoms with van der Waals surface area (Å²) >= 11 is 6.04. The molecule has 1 aliphatic carbocycles. The van der Waals surface area contributed by atoms with E-state index >= 15 is 0 Å². The highest BCUT2D eigenvalue weighted by Gasteiger charge is 2.38. The predicted molar refractivity (Wildman–Crippen MR) is 76.3 cm³/mol. The number of hydrogen-bond donors (Lipinski definition) is 1. The third-order valence-electron chi connectivity index (χ3n) is 3.85. The van der Waals surface area contributed by atoms with E-state index in [1.165, 1.54) is 6.42 Å². The number of tetrazole rings is 1. The summed E-state index contributed by atoms with van der Waals surface area (Å²) < 4.78 is 7.38. The van der Waals surface area contributed by atoms with Gasteiger partial charge in [-0.2, -0.15) is 0 Å². The molecule has 0 atom stereocenters. The third kappa shape index (κ3) is 2.36. The number of ether oxygens (including phenoxy) is 1. The zero-order chi connectivity index (χ0) is 14.2. The zero-order valence-electron chi connectivity index (χ0n) is 11.2. The predicted octanol–water partition coefficient (Wildman–Crippen LogP) is 2.14. The smallest absolute Gasteiger partial charge is 0.182 e. The monoisotopic (exact) mass is 293 g/mol. The molecule has 1 heterocycles. The number of halogens is 1. The number of nitrogens with two attached hydrogens (primary N) is 1. The minimum absolute atomic E-state index is 0.145. The average molecular weight is 294 g/mol. The van der Waals surface area contributed by atoms with E-state index < -0.39 is 0 Å². The van der Waals surface area contributed by atoms with E-state index in [0.717, 1.165) is 18.4 Å². The summed E-state index contributed by atoms with van der Waals surface area (Å²) in [7, 11) is 1.74. The molecule has 2 aromatic rings. The Morgan fingerprint density at radius 1 is 1.40 bits per heavy atom. The van der Waals surface area contributed by atoms with Crippen molar-refractivity contribution in [2.45, 2.75) is 31.4 Å². The number of rotatable bonds is 4. The first-order valence-corrected chi connectivity index (χ1v) is 6.87. The molecule has 7 heteroatoms. The molecular weight excluding hydrogens is 278 g/mol. The Morgan fingerprint density at radius 3 is 2.80 bits per heavy atom. The van der Waals surface area contributed by atoms with Crippen molar-refractivity contribution in [1.82, 2.24) is 20.2 Å². The van der Waals surface area contributed by atoms with Crippen LogP contribution in [0.3, 0.4) is 0 Å². The molecule has 0 aliphatic heterocycles. The molecule has 1 saturated carbocycles. The molecule has 0 radical (unpaired) electrons. The lowest BCUT2D eigenvalue weighted by Gasteiger charge is -2.40. The molecule has 0 bridgehead atoms. The van der Waals surface area contributed by atoms with E-state index in [9.17, 15) is 0 Å². The maximum Gasteiger partial charge on any atom is 0.182 e. The van der Waals surface area contributed by atoms with Crippen molar-refractivity contribution in [2.75, 3.05) is 12.8 Å². The number of hydrogen-bond acceptors (Lipinski definition) is 5. The van der Waals surface area contributed by atoms with Gasteiger partial charge < -0.3 is 10.5 Å². The Bertz CT molecular complexity index is 597. The maximum absolute atomic E-state index is 6.04. The van der Waals surface area contributed by atoms with Gasteiger partial charge in [0.2, 0.25) is 0 Å². The minimum Gasteiger partial charge on any atom is -0.399 e. The second-order valence-corrected chi connectivity index (χ2v) is 5.61. The molecule has 0 amide bonds. The largest absolute Gasteiger partial charge is 0.399 e. The summed E-state index contributed by atoms with van der Waals surface area (Å²) in [6, 6.07) is 5.32. The number of nitrogens with zero attached hydrogens (tertiary/aromatic N) is 4. The van der Waals surface area contributed by atoms with Crippen molar-refractivity contribution >= 4 is 17.3 Å². The average Bonchev–Trinajstić information content (AvgIpc) is 2.80. The van der Waals surface area contributed by atoms with Crippen LogP contribution in [0, 0.1) is 0 Å². The van der Waals surface area contributed by atoms with Crippen LogP contribution in [0.4, 0.5) is 5.69 Å². The highest BCUT2D eigenvalue weighted by Crippen LogP contribution is 2.37. The van der Waals surface area contributed by atoms with Crippen molar-refractivity contribution in [3.05, 3.63) is 23.2 Å². The van der Waals surface area contributed by atoms with Crippen molar-refractivity contribution in [3.63, 3.8) is 0 Å². The molecule has 3 rings (SSSR count). The van der Waals surface area contributed by atoms with E-state index in [-0.39, 0.29) is 5.60 Å². The summed E-state index contributed by atoms with van der Waals surface area (Å²) in [5.74, 6) is 0.655. The van der Waals surface area contributed by atoms with Crippen LogP contribution in [0.25, 0.3) is 11.4 Å². The van der Waals surface area contributed by atoms with Gasteiger partial charge in [-0.25, -0.2) is 4.68 Å². The second-order valence-electron chi connectivity index (χ2n) is 5.17. The first kappa shape index (κ1) is 13.3. The lowest BCUT2D eigenvalue weighted by atomic mass is 9.80. The van der Waals surface area contributed by atoms with Crippen LogP contribution in [-0.2, 0) is 11.3 Å². The van der Waals surface area contributed by atoms with Gasteiger partial charge in [0.15, 0.2) is 5.82 Å². The highest BCUT2D eigenvalue weighted by atomic mass is 35.5. The quantitative estimate of drug-likeness (QED) is 0.874. The lowest BCUT2D eigenvalue weighted by Crippen LogP contribution is -2.43. The van der Waals surface area contributed by atoms with Gasteiger partial charge in [-0.15, -0.1) is 5.10 Å². The zero-order valence-corrected chi connectivity index (χ0v) is 12.0. The third-order valence-corrected chi connectivity index (χ3v) is 4.06. The summed E-state index contributed by atoms with van der Waals surface area (Å²) in [6.45, 7) is 0.637. The second kappa shape index (κ2) is 5.03. The van der Waals surface area contributed by atoms with Gasteiger partial charge in [-0.05, 0) is 47.9 Å². The number of methoxy groups -OCH3 is 1. The van der Waals surface area contributed by atoms with Crippen LogP contribution in [0.5, 0.6) is 0 Å². The molecule has 0 unspecified atom stereocenters. The van der Waals surface area contributed by atoms with Gasteiger partial charge in [0.25, 0.3) is 0 Å². The van der Waals surface area contributed by atoms with E-state index in [1.807, 2.05) is 6.07 Å². The van der Waals surface area contributed by atoms with E-state index in [0.29, 0.717) is 23.1 Å². The maximum atomic E-state index is 6.04. The van der Waals surface area contributed by atoms with Gasteiger partial charge in [0.1, 0.15) is 0 Å². The molecule has 1 fully saturated rings. The first-order valence-electron chi connectivity index (χ1n) is 6.50. The summed E-state index contributed by atoms with van der Waals surface area (Å²) in [4.78, 5) is 0. The number of aromatic nitrogens is 4. The number of nitrogen functional groups attached to an aromatic ring is 1. The minimum atomic E-state index is -0.145. The Balaban J connectivity index is 1.93. The van der Waals surface area contributed by atoms with Crippen LogP contribution in [-0.4, -0.2) is 32.9 Å². The van der Waals surface area contributed by atoms with Crippen molar-refractivity contribution in [2.24, 2.45) is 0 Å². The molecule has 106 valence electrons. The molecular formula is C13H16ClN5O. The number of anilines is 1. The highest BCUT2D eigenvalue weighted by molar-refractivity contribution is 6.31. The van der Waals surface area contributed by atoms with Crippen LogP contribution in [0.2, 0.25) is 5.02 Å². The molecule has 6 nitrogen and oxygen atoms in total. The summed E-state index contributed by atoms with van der Waals surface area (Å²) in [5, 5.41) is 12.5. The fourth-order valence-electron chi connectivity index (χ4n) is 2.53. The summed E-state index contributed by atoms with van der Waals surface area (Å²) in [5.41, 5.74) is 7.08. The van der Waals surface area contributed by atoms with Gasteiger partial charge in [0.05, 0.1) is 12.1 Å². The van der Waals surface area contributed by atoms with Gasteiger partial charge in [-0.1, -0.05) is 11.6 Å². The van der Waals surface area contributed by atoms with Crippen molar-refractivity contribution < 1.29 is 4.74 Å². The molecule has 0 spiro atoms.